The van der Waals surface area contributed by atoms with Crippen LogP contribution in [0.1, 0.15) is 17.4 Å². The Morgan fingerprint density at radius 1 is 1.43 bits per heavy atom. The topological polar surface area (TPSA) is 71.1 Å². The highest BCUT2D eigenvalue weighted by Gasteiger charge is 2.21. The number of hydrogen-bond acceptors (Lipinski definition) is 5. The second-order valence-electron chi connectivity index (χ2n) is 4.41. The first-order valence-corrected chi connectivity index (χ1v) is 9.51. The van der Waals surface area contributed by atoms with E-state index in [1.165, 1.54) is 11.3 Å². The number of hydrogen-bond donors (Lipinski definition) is 2. The second-order valence-corrected chi connectivity index (χ2v) is 7.98. The zero-order valence-electron chi connectivity index (χ0n) is 11.7. The van der Waals surface area contributed by atoms with Crippen molar-refractivity contribution >= 4 is 43.1 Å². The van der Waals surface area contributed by atoms with E-state index in [0.29, 0.717) is 17.3 Å². The number of rotatable bonds is 6. The van der Waals surface area contributed by atoms with Gasteiger partial charge >= 0.3 is 0 Å². The van der Waals surface area contributed by atoms with Crippen LogP contribution in [0.15, 0.2) is 33.1 Å². The van der Waals surface area contributed by atoms with Gasteiger partial charge in [-0.1, -0.05) is 6.92 Å². The van der Waals surface area contributed by atoms with Gasteiger partial charge in [0.1, 0.15) is 10.7 Å². The largest absolute Gasteiger partial charge is 0.312 e. The van der Waals surface area contributed by atoms with Crippen molar-refractivity contribution < 1.29 is 8.42 Å². The average molecular weight is 390 g/mol. The number of halogens is 1. The van der Waals surface area contributed by atoms with Gasteiger partial charge in [0.15, 0.2) is 0 Å². The lowest BCUT2D eigenvalue weighted by Crippen LogP contribution is -2.18. The first-order valence-electron chi connectivity index (χ1n) is 6.36. The van der Waals surface area contributed by atoms with E-state index in [4.69, 9.17) is 0 Å². The van der Waals surface area contributed by atoms with Crippen molar-refractivity contribution in [2.45, 2.75) is 25.3 Å². The quantitative estimate of drug-likeness (QED) is 0.795. The minimum absolute atomic E-state index is 0.303. The summed E-state index contributed by atoms with van der Waals surface area (Å²) in [6, 6.07) is 3.44. The molecule has 0 unspecified atom stereocenters. The molecule has 2 aromatic heterocycles. The number of thiophene rings is 1. The van der Waals surface area contributed by atoms with Gasteiger partial charge < -0.3 is 5.32 Å². The Hall–Kier alpha value is -0.960. The third kappa shape index (κ3) is 4.03. The Labute approximate surface area is 137 Å². The molecule has 5 nitrogen and oxygen atoms in total. The molecule has 0 atom stereocenters. The molecule has 21 heavy (non-hydrogen) atoms. The smallest absolute Gasteiger partial charge is 0.264 e. The average Bonchev–Trinajstić information content (AvgIpc) is 2.89. The second kappa shape index (κ2) is 6.87. The van der Waals surface area contributed by atoms with Crippen LogP contribution in [0, 0.1) is 6.92 Å². The molecule has 0 bridgehead atoms. The van der Waals surface area contributed by atoms with Gasteiger partial charge in [-0.05, 0) is 52.5 Å². The lowest BCUT2D eigenvalue weighted by Gasteiger charge is -2.10. The molecule has 0 aromatic carbocycles. The molecular formula is C13H16BrN3O2S2. The number of aryl methyl sites for hydroxylation is 1. The Morgan fingerprint density at radius 2 is 2.19 bits per heavy atom. The number of pyridine rings is 1. The SMILES string of the molecule is CCNCc1sccc1S(=O)(=O)Nc1ncc(Br)cc1C. The lowest BCUT2D eigenvalue weighted by atomic mass is 10.3. The summed E-state index contributed by atoms with van der Waals surface area (Å²) in [5.41, 5.74) is 0.761. The number of nitrogens with zero attached hydrogens (tertiary/aromatic N) is 1. The molecule has 2 heterocycles. The Kier molecular flexibility index (Phi) is 5.37. The molecule has 0 spiro atoms. The van der Waals surface area contributed by atoms with E-state index < -0.39 is 10.0 Å². The molecule has 0 radical (unpaired) electrons. The van der Waals surface area contributed by atoms with Gasteiger partial charge in [-0.3, -0.25) is 4.72 Å². The highest BCUT2D eigenvalue weighted by molar-refractivity contribution is 9.10. The fourth-order valence-electron chi connectivity index (χ4n) is 1.77. The molecule has 0 aliphatic carbocycles. The molecule has 2 N–H and O–H groups in total. The van der Waals surface area contributed by atoms with Crippen LogP contribution in [-0.2, 0) is 16.6 Å². The molecule has 0 amide bonds. The number of sulfonamides is 1. The van der Waals surface area contributed by atoms with Crippen molar-refractivity contribution in [1.29, 1.82) is 0 Å². The van der Waals surface area contributed by atoms with Gasteiger partial charge in [0, 0.05) is 22.1 Å². The van der Waals surface area contributed by atoms with E-state index in [9.17, 15) is 8.42 Å². The van der Waals surface area contributed by atoms with Crippen LogP contribution in [0.25, 0.3) is 0 Å². The summed E-state index contributed by atoms with van der Waals surface area (Å²) < 4.78 is 28.4. The van der Waals surface area contributed by atoms with Crippen LogP contribution >= 0.6 is 27.3 Å². The summed E-state index contributed by atoms with van der Waals surface area (Å²) >= 11 is 4.73. The van der Waals surface area contributed by atoms with Gasteiger partial charge in [0.25, 0.3) is 10.0 Å². The van der Waals surface area contributed by atoms with E-state index in [-0.39, 0.29) is 0 Å². The fourth-order valence-corrected chi connectivity index (χ4v) is 4.71. The van der Waals surface area contributed by atoms with Crippen LogP contribution in [0.2, 0.25) is 0 Å². The van der Waals surface area contributed by atoms with E-state index in [1.807, 2.05) is 19.9 Å². The number of aromatic nitrogens is 1. The molecule has 0 saturated carbocycles. The highest BCUT2D eigenvalue weighted by atomic mass is 79.9. The maximum Gasteiger partial charge on any atom is 0.264 e. The summed E-state index contributed by atoms with van der Waals surface area (Å²) in [4.78, 5) is 5.21. The van der Waals surface area contributed by atoms with E-state index in [0.717, 1.165) is 21.5 Å². The first kappa shape index (κ1) is 16.4. The Morgan fingerprint density at radius 3 is 2.86 bits per heavy atom. The highest BCUT2D eigenvalue weighted by Crippen LogP contribution is 2.25. The van der Waals surface area contributed by atoms with Crippen molar-refractivity contribution in [3.05, 3.63) is 38.6 Å². The monoisotopic (exact) mass is 389 g/mol. The summed E-state index contributed by atoms with van der Waals surface area (Å²) in [6.45, 7) is 5.12. The third-order valence-corrected chi connectivity index (χ3v) is 5.71. The van der Waals surface area contributed by atoms with E-state index in [1.54, 1.807) is 17.6 Å². The van der Waals surface area contributed by atoms with Gasteiger partial charge in [-0.2, -0.15) is 0 Å². The molecule has 0 aliphatic heterocycles. The van der Waals surface area contributed by atoms with Gasteiger partial charge in [0.2, 0.25) is 0 Å². The maximum absolute atomic E-state index is 12.5. The van der Waals surface area contributed by atoms with Crippen LogP contribution in [0.4, 0.5) is 5.82 Å². The lowest BCUT2D eigenvalue weighted by molar-refractivity contribution is 0.599. The fraction of sp³-hybridized carbons (Fsp3) is 0.308. The molecule has 114 valence electrons. The predicted octanol–water partition coefficient (Wildman–Crippen LogP) is 3.12. The van der Waals surface area contributed by atoms with Crippen LogP contribution < -0.4 is 10.0 Å². The Balaban J connectivity index is 2.28. The molecule has 8 heteroatoms. The number of anilines is 1. The van der Waals surface area contributed by atoms with Gasteiger partial charge in [0.05, 0.1) is 0 Å². The molecule has 2 aromatic rings. The summed E-state index contributed by atoms with van der Waals surface area (Å²) in [5, 5.41) is 4.92. The standard InChI is InChI=1S/C13H16BrN3O2S2/c1-3-15-8-11-12(4-5-20-11)21(18,19)17-13-9(2)6-10(14)7-16-13/h4-7,15H,3,8H2,1-2H3,(H,16,17). The van der Waals surface area contributed by atoms with Crippen molar-refractivity contribution in [1.82, 2.24) is 10.3 Å². The van der Waals surface area contributed by atoms with Crippen molar-refractivity contribution in [3.8, 4) is 0 Å². The van der Waals surface area contributed by atoms with E-state index >= 15 is 0 Å². The number of nitrogens with one attached hydrogen (secondary N) is 2. The maximum atomic E-state index is 12.5. The van der Waals surface area contributed by atoms with Crippen LogP contribution in [0.3, 0.4) is 0 Å². The van der Waals surface area contributed by atoms with Crippen LogP contribution in [0.5, 0.6) is 0 Å². The van der Waals surface area contributed by atoms with E-state index in [2.05, 4.69) is 31.0 Å². The third-order valence-electron chi connectivity index (χ3n) is 2.81. The minimum Gasteiger partial charge on any atom is -0.312 e. The van der Waals surface area contributed by atoms with Crippen molar-refractivity contribution in [3.63, 3.8) is 0 Å². The Bertz CT molecular complexity index is 729. The zero-order chi connectivity index (χ0) is 15.5. The molecule has 0 aliphatic rings. The molecular weight excluding hydrogens is 374 g/mol. The molecule has 2 rings (SSSR count). The van der Waals surface area contributed by atoms with Crippen molar-refractivity contribution in [2.24, 2.45) is 0 Å². The normalized spacial score (nSPS) is 11.6. The van der Waals surface area contributed by atoms with Gasteiger partial charge in [-0.15, -0.1) is 11.3 Å². The van der Waals surface area contributed by atoms with Crippen molar-refractivity contribution in [2.75, 3.05) is 11.3 Å². The van der Waals surface area contributed by atoms with Gasteiger partial charge in [-0.25, -0.2) is 13.4 Å². The minimum atomic E-state index is -3.62. The molecule has 0 saturated heterocycles. The first-order chi connectivity index (χ1) is 9.94. The summed E-state index contributed by atoms with van der Waals surface area (Å²) in [6.07, 6.45) is 1.57. The summed E-state index contributed by atoms with van der Waals surface area (Å²) in [5.74, 6) is 0.346. The summed E-state index contributed by atoms with van der Waals surface area (Å²) in [7, 11) is -3.62. The zero-order valence-corrected chi connectivity index (χ0v) is 14.9. The molecule has 0 fully saturated rings. The predicted molar refractivity (Wildman–Crippen MR) is 89.2 cm³/mol. The van der Waals surface area contributed by atoms with Crippen LogP contribution in [-0.4, -0.2) is 19.9 Å².